The van der Waals surface area contributed by atoms with E-state index in [2.05, 4.69) is 23.5 Å². The lowest BCUT2D eigenvalue weighted by molar-refractivity contribution is -0.181. The molecule has 4 saturated carbocycles. The Morgan fingerprint density at radius 3 is 2.49 bits per heavy atom. The van der Waals surface area contributed by atoms with Gasteiger partial charge in [-0.1, -0.05) is 24.6 Å². The number of aliphatic hydroxyl groups excluding tert-OH is 2. The monoisotopic (exact) mass is 574 g/mol. The summed E-state index contributed by atoms with van der Waals surface area (Å²) in [6, 6.07) is 0. The topological polar surface area (TPSA) is 166 Å². The number of fused-ring (bicyclic) bond motifs is 5. The Morgan fingerprint density at radius 2 is 1.80 bits per heavy atom. The van der Waals surface area contributed by atoms with E-state index in [1.165, 1.54) is 5.57 Å². The number of carbonyl (C=O) groups excluding carboxylic acids is 2. The van der Waals surface area contributed by atoms with Gasteiger partial charge in [0.25, 0.3) is 5.91 Å². The first-order chi connectivity index (χ1) is 19.4. The summed E-state index contributed by atoms with van der Waals surface area (Å²) in [5.41, 5.74) is -0.545. The smallest absolute Gasteiger partial charge is 0.306 e. The van der Waals surface area contributed by atoms with Gasteiger partial charge in [-0.05, 0) is 106 Å². The minimum atomic E-state index is -1.59. The van der Waals surface area contributed by atoms with E-state index in [9.17, 15) is 29.7 Å². The summed E-state index contributed by atoms with van der Waals surface area (Å²) in [6.07, 6.45) is 8.85. The molecule has 41 heavy (non-hydrogen) atoms. The molecular weight excluding hydrogens is 528 g/mol. The predicted octanol–water partition coefficient (Wildman–Crippen LogP) is 2.59. The summed E-state index contributed by atoms with van der Waals surface area (Å²) in [6.45, 7) is 3.80. The van der Waals surface area contributed by atoms with E-state index in [0.717, 1.165) is 37.8 Å². The first-order valence-electron chi connectivity index (χ1n) is 15.4. The Labute approximate surface area is 241 Å². The minimum absolute atomic E-state index is 0.0194. The number of aliphatic carboxylic acids is 1. The lowest BCUT2D eigenvalue weighted by Crippen LogP contribution is -2.62. The summed E-state index contributed by atoms with van der Waals surface area (Å²) in [5, 5.41) is 48.7. The van der Waals surface area contributed by atoms with Gasteiger partial charge in [0.15, 0.2) is 12.4 Å². The van der Waals surface area contributed by atoms with E-state index in [4.69, 9.17) is 9.94 Å². The van der Waals surface area contributed by atoms with Crippen molar-refractivity contribution in [2.75, 3.05) is 19.8 Å². The van der Waals surface area contributed by atoms with Gasteiger partial charge < -0.3 is 30.6 Å². The van der Waals surface area contributed by atoms with Crippen LogP contribution in [-0.2, 0) is 19.2 Å². The highest BCUT2D eigenvalue weighted by Gasteiger charge is 2.68. The molecule has 0 unspecified atom stereocenters. The number of rotatable bonds is 8. The first kappa shape index (κ1) is 30.2. The third-order valence-corrected chi connectivity index (χ3v) is 11.8. The number of hydrogen-bond acceptors (Lipinski definition) is 8. The van der Waals surface area contributed by atoms with Crippen LogP contribution < -0.4 is 5.32 Å². The molecule has 0 aromatic carbocycles. The highest BCUT2D eigenvalue weighted by Crippen LogP contribution is 2.67. The molecule has 7 atom stereocenters. The molecule has 0 bridgehead atoms. The highest BCUT2D eigenvalue weighted by molar-refractivity contribution is 5.96. The Kier molecular flexibility index (Phi) is 8.40. The molecule has 0 aliphatic heterocycles. The maximum absolute atomic E-state index is 12.6. The van der Waals surface area contributed by atoms with E-state index in [0.29, 0.717) is 45.1 Å². The number of amides is 1. The molecular formula is C31H46N2O8. The van der Waals surface area contributed by atoms with Crippen molar-refractivity contribution in [3.63, 3.8) is 0 Å². The summed E-state index contributed by atoms with van der Waals surface area (Å²) in [7, 11) is 0. The number of oxime groups is 1. The molecule has 0 aromatic rings. The Hall–Kier alpha value is -2.30. The molecule has 10 heteroatoms. The normalized spacial score (nSPS) is 42.9. The summed E-state index contributed by atoms with van der Waals surface area (Å²) >= 11 is 0. The number of carboxylic acids is 1. The van der Waals surface area contributed by atoms with Crippen molar-refractivity contribution in [3.8, 4) is 0 Å². The fourth-order valence-electron chi connectivity index (χ4n) is 9.46. The van der Waals surface area contributed by atoms with Crippen molar-refractivity contribution in [2.24, 2.45) is 45.6 Å². The fraction of sp³-hybridized carbons (Fsp3) is 0.806. The van der Waals surface area contributed by atoms with Gasteiger partial charge in [-0.25, -0.2) is 0 Å². The third kappa shape index (κ3) is 5.25. The van der Waals surface area contributed by atoms with Gasteiger partial charge in [0.2, 0.25) is 0 Å². The Bertz CT molecular complexity index is 1110. The maximum atomic E-state index is 12.6. The van der Waals surface area contributed by atoms with Crippen LogP contribution in [0.1, 0.15) is 84.5 Å². The quantitative estimate of drug-likeness (QED) is 0.276. The predicted molar refractivity (Wildman–Crippen MR) is 150 cm³/mol. The number of Topliss-reactive ketones (excluding diaryl/α,β-unsaturated/α-hetero) is 1. The molecule has 1 amide bonds. The lowest BCUT2D eigenvalue weighted by atomic mass is 9.45. The van der Waals surface area contributed by atoms with Crippen LogP contribution in [0.25, 0.3) is 0 Å². The van der Waals surface area contributed by atoms with Crippen LogP contribution in [0.15, 0.2) is 16.8 Å². The van der Waals surface area contributed by atoms with Crippen LogP contribution in [0.3, 0.4) is 0 Å². The Balaban J connectivity index is 1.17. The van der Waals surface area contributed by atoms with Crippen molar-refractivity contribution in [1.82, 2.24) is 5.32 Å². The second-order valence-corrected chi connectivity index (χ2v) is 13.8. The number of carboxylic acid groups (broad SMARTS) is 1. The van der Waals surface area contributed by atoms with Gasteiger partial charge in [0.05, 0.1) is 17.7 Å². The molecule has 0 heterocycles. The van der Waals surface area contributed by atoms with E-state index in [1.807, 2.05) is 6.92 Å². The van der Waals surface area contributed by atoms with Gasteiger partial charge in [-0.15, -0.1) is 0 Å². The summed E-state index contributed by atoms with van der Waals surface area (Å²) in [4.78, 5) is 41.4. The maximum Gasteiger partial charge on any atom is 0.306 e. The molecule has 5 rings (SSSR count). The average Bonchev–Trinajstić information content (AvgIpc) is 3.22. The highest BCUT2D eigenvalue weighted by atomic mass is 16.6. The molecule has 5 aliphatic carbocycles. The summed E-state index contributed by atoms with van der Waals surface area (Å²) < 4.78 is 0. The SMILES string of the molecule is C[C@]12CC/C(=N\OCC(=O)NCC3CCC(C(=O)O)CC3)C=C1CC[C@H]1[C@H]2[C@@H](O)C[C@@]2(C)[C@H]1CC[C@]2(O)C(=O)CO. The van der Waals surface area contributed by atoms with Gasteiger partial charge >= 0.3 is 5.97 Å². The molecule has 0 aromatic heterocycles. The number of hydrogen-bond donors (Lipinski definition) is 5. The zero-order chi connectivity index (χ0) is 29.6. The van der Waals surface area contributed by atoms with Gasteiger partial charge in [-0.3, -0.25) is 14.4 Å². The molecule has 5 aliphatic rings. The number of allylic oxidation sites excluding steroid dienone is 2. The molecule has 10 nitrogen and oxygen atoms in total. The second kappa shape index (κ2) is 11.4. The molecule has 5 N–H and O–H groups in total. The van der Waals surface area contributed by atoms with Crippen molar-refractivity contribution in [3.05, 3.63) is 11.6 Å². The fourth-order valence-corrected chi connectivity index (χ4v) is 9.46. The van der Waals surface area contributed by atoms with Crippen LogP contribution in [0.5, 0.6) is 0 Å². The van der Waals surface area contributed by atoms with Crippen molar-refractivity contribution in [1.29, 1.82) is 0 Å². The number of ketones is 1. The van der Waals surface area contributed by atoms with Crippen LogP contribution in [0.4, 0.5) is 0 Å². The molecule has 4 fully saturated rings. The second-order valence-electron chi connectivity index (χ2n) is 13.8. The number of nitrogens with one attached hydrogen (secondary N) is 1. The van der Waals surface area contributed by atoms with Crippen molar-refractivity contribution in [2.45, 2.75) is 96.2 Å². The standard InChI is InChI=1S/C31H46N2O8/c1-29-11-9-21(33-41-17-26(37)32-15-18-3-5-19(6-4-18)28(38)39)13-20(29)7-8-22-23-10-12-31(40,25(36)16-34)30(23,2)14-24(35)27(22)29/h13,18-19,22-24,27,34-35,40H,3-12,14-17H2,1-2H3,(H,32,37)(H,38,39)/b33-21+/t18?,19?,22-,23+,24+,27+,29+,30+,31+/m1/s1. The lowest BCUT2D eigenvalue weighted by Gasteiger charge is -2.60. The third-order valence-electron chi connectivity index (χ3n) is 11.8. The largest absolute Gasteiger partial charge is 0.481 e. The molecule has 0 spiro atoms. The van der Waals surface area contributed by atoms with E-state index < -0.39 is 35.5 Å². The number of aliphatic hydroxyl groups is 3. The van der Waals surface area contributed by atoms with E-state index >= 15 is 0 Å². The minimum Gasteiger partial charge on any atom is -0.481 e. The molecule has 0 radical (unpaired) electrons. The Morgan fingerprint density at radius 1 is 1.07 bits per heavy atom. The molecule has 0 saturated heterocycles. The van der Waals surface area contributed by atoms with Crippen molar-refractivity contribution < 1.29 is 39.6 Å². The molecule has 228 valence electrons. The van der Waals surface area contributed by atoms with Crippen LogP contribution in [0, 0.1) is 40.4 Å². The summed E-state index contributed by atoms with van der Waals surface area (Å²) in [5.74, 6) is -1.18. The van der Waals surface area contributed by atoms with Gasteiger partial charge in [0.1, 0.15) is 12.2 Å². The van der Waals surface area contributed by atoms with Gasteiger partial charge in [0, 0.05) is 12.0 Å². The average molecular weight is 575 g/mol. The number of carbonyl (C=O) groups is 3. The van der Waals surface area contributed by atoms with Crippen molar-refractivity contribution >= 4 is 23.4 Å². The van der Waals surface area contributed by atoms with Gasteiger partial charge in [-0.2, -0.15) is 0 Å². The van der Waals surface area contributed by atoms with E-state index in [-0.39, 0.29) is 47.5 Å². The van der Waals surface area contributed by atoms with E-state index in [1.54, 1.807) is 0 Å². The first-order valence-corrected chi connectivity index (χ1v) is 15.4. The number of nitrogens with zero attached hydrogens (tertiary/aromatic N) is 1. The zero-order valence-corrected chi connectivity index (χ0v) is 24.3. The van der Waals surface area contributed by atoms with Crippen LogP contribution in [0.2, 0.25) is 0 Å². The van der Waals surface area contributed by atoms with Crippen LogP contribution >= 0.6 is 0 Å². The van der Waals surface area contributed by atoms with Crippen LogP contribution in [-0.4, -0.2) is 75.3 Å². The zero-order valence-electron chi connectivity index (χ0n) is 24.3.